The number of hydrogen-bond acceptors (Lipinski definition) is 10. The van der Waals surface area contributed by atoms with Crippen molar-refractivity contribution in [1.29, 1.82) is 0 Å². The molecule has 1 aliphatic carbocycles. The average Bonchev–Trinajstić information content (AvgIpc) is 3.63. The molecule has 0 bridgehead atoms. The monoisotopic (exact) mass is 593 g/mol. The molecule has 39 heavy (non-hydrogen) atoms. The largest absolute Gasteiger partial charge is 0.444 e. The van der Waals surface area contributed by atoms with Crippen molar-refractivity contribution in [3.63, 3.8) is 0 Å². The Bertz CT molecular complexity index is 1170. The molecule has 2 atom stereocenters. The number of amides is 3. The zero-order valence-electron chi connectivity index (χ0n) is 23.0. The normalized spacial score (nSPS) is 22.2. The molecule has 0 aromatic carbocycles. The van der Waals surface area contributed by atoms with Crippen LogP contribution in [-0.2, 0) is 43.7 Å². The lowest BCUT2D eigenvalue weighted by molar-refractivity contribution is -0.139. The molecule has 3 fully saturated rings. The van der Waals surface area contributed by atoms with E-state index in [1.165, 1.54) is 4.90 Å². The van der Waals surface area contributed by atoms with Gasteiger partial charge in [0.1, 0.15) is 16.9 Å². The Labute approximate surface area is 230 Å². The molecule has 2 heterocycles. The molecule has 3 amide bonds. The lowest BCUT2D eigenvalue weighted by atomic mass is 10.1. The number of carbonyl (C=O) groups is 4. The van der Waals surface area contributed by atoms with Gasteiger partial charge in [0.05, 0.1) is 38.2 Å². The number of ketones is 1. The quantitative estimate of drug-likeness (QED) is 0.379. The predicted molar refractivity (Wildman–Crippen MR) is 140 cm³/mol. The minimum absolute atomic E-state index is 0.0852. The molecule has 15 heteroatoms. The Balaban J connectivity index is 1.90. The average molecular weight is 594 g/mol. The van der Waals surface area contributed by atoms with Gasteiger partial charge >= 0.3 is 6.09 Å². The van der Waals surface area contributed by atoms with E-state index in [4.69, 9.17) is 9.47 Å². The maximum Gasteiger partial charge on any atom is 0.410 e. The molecule has 3 aliphatic rings. The van der Waals surface area contributed by atoms with E-state index in [9.17, 15) is 36.0 Å². The minimum atomic E-state index is -4.44. The first-order valence-electron chi connectivity index (χ1n) is 13.1. The summed E-state index contributed by atoms with van der Waals surface area (Å²) in [5.74, 6) is -3.16. The fraction of sp³-hybridized carbons (Fsp3) is 0.833. The summed E-state index contributed by atoms with van der Waals surface area (Å²) in [6.45, 7) is 5.54. The van der Waals surface area contributed by atoms with E-state index in [-0.39, 0.29) is 57.4 Å². The maximum absolute atomic E-state index is 13.8. The summed E-state index contributed by atoms with van der Waals surface area (Å²) in [5, 5.41) is -1.96. The van der Waals surface area contributed by atoms with E-state index in [0.29, 0.717) is 17.1 Å². The van der Waals surface area contributed by atoms with E-state index < -0.39 is 73.4 Å². The van der Waals surface area contributed by atoms with Gasteiger partial charge in [-0.2, -0.15) is 0 Å². The van der Waals surface area contributed by atoms with E-state index >= 15 is 0 Å². The number of sulfone groups is 1. The van der Waals surface area contributed by atoms with Gasteiger partial charge in [0.25, 0.3) is 5.91 Å². The van der Waals surface area contributed by atoms with Crippen molar-refractivity contribution < 1.29 is 45.5 Å². The maximum atomic E-state index is 13.8. The molecule has 3 rings (SSSR count). The molecule has 2 aliphatic heterocycles. The number of morpholine rings is 1. The molecule has 2 unspecified atom stereocenters. The van der Waals surface area contributed by atoms with Gasteiger partial charge in [-0.05, 0) is 52.4 Å². The molecular formula is C24H39N3O10S2. The smallest absolute Gasteiger partial charge is 0.410 e. The van der Waals surface area contributed by atoms with Crippen LogP contribution in [0.15, 0.2) is 0 Å². The zero-order valence-corrected chi connectivity index (χ0v) is 24.6. The van der Waals surface area contributed by atoms with Crippen molar-refractivity contribution in [2.45, 2.75) is 69.8 Å². The summed E-state index contributed by atoms with van der Waals surface area (Å²) in [6, 6.07) is -1.52. The highest BCUT2D eigenvalue weighted by atomic mass is 32.2. The molecule has 0 N–H and O–H groups in total. The van der Waals surface area contributed by atoms with Gasteiger partial charge in [0, 0.05) is 19.6 Å². The molecular weight excluding hydrogens is 554 g/mol. The van der Waals surface area contributed by atoms with Crippen molar-refractivity contribution in [1.82, 2.24) is 14.1 Å². The third-order valence-electron chi connectivity index (χ3n) is 6.73. The Kier molecular flexibility index (Phi) is 9.69. The van der Waals surface area contributed by atoms with Crippen LogP contribution in [0.4, 0.5) is 4.79 Å². The number of carbonyl (C=O) groups excluding carboxylic acids is 4. The Hall–Kier alpha value is -2.26. The summed E-state index contributed by atoms with van der Waals surface area (Å²) >= 11 is 0. The standard InChI is InChI=1S/C24H39N3O10S2/c1-24(2,3)37-23(31)26-9-5-6-18(19(28)15-26)27(38(4,32)33)22(30)20(39(34,35)16-17-7-8-17)14-21(29)25-10-12-36-13-11-25/h17-18,20H,5-16H2,1-4H3. The molecule has 0 aromatic heterocycles. The fourth-order valence-corrected chi connectivity index (χ4v) is 7.87. The number of hydrogen-bond donors (Lipinski definition) is 0. The number of ether oxygens (including phenoxy) is 2. The number of nitrogens with zero attached hydrogens (tertiary/aromatic N) is 3. The van der Waals surface area contributed by atoms with Gasteiger partial charge in [-0.25, -0.2) is 25.9 Å². The van der Waals surface area contributed by atoms with Crippen LogP contribution in [0.1, 0.15) is 52.9 Å². The van der Waals surface area contributed by atoms with E-state index in [1.807, 2.05) is 0 Å². The zero-order chi connectivity index (χ0) is 29.2. The van der Waals surface area contributed by atoms with Crippen molar-refractivity contribution in [2.24, 2.45) is 5.92 Å². The highest BCUT2D eigenvalue weighted by molar-refractivity contribution is 7.93. The molecule has 0 radical (unpaired) electrons. The molecule has 222 valence electrons. The van der Waals surface area contributed by atoms with Gasteiger partial charge in [0.15, 0.2) is 15.6 Å². The molecule has 0 spiro atoms. The number of sulfonamides is 1. The highest BCUT2D eigenvalue weighted by Gasteiger charge is 2.47. The second-order valence-corrected chi connectivity index (χ2v) is 15.5. The van der Waals surface area contributed by atoms with Crippen molar-refractivity contribution in [3.05, 3.63) is 0 Å². The number of rotatable bonds is 8. The van der Waals surface area contributed by atoms with Crippen molar-refractivity contribution in [2.75, 3.05) is 51.4 Å². The van der Waals surface area contributed by atoms with Gasteiger partial charge < -0.3 is 19.3 Å². The van der Waals surface area contributed by atoms with Crippen LogP contribution in [-0.4, -0.2) is 123 Å². The van der Waals surface area contributed by atoms with Gasteiger partial charge in [-0.15, -0.1) is 0 Å². The summed E-state index contributed by atoms with van der Waals surface area (Å²) < 4.78 is 63.5. The Morgan fingerprint density at radius 1 is 1.03 bits per heavy atom. The SMILES string of the molecule is CC(C)(C)OC(=O)N1CCCC(N(C(=O)C(CC(=O)N2CCOCC2)S(=O)(=O)CC2CC2)S(C)(=O)=O)C(=O)C1. The first-order valence-corrected chi connectivity index (χ1v) is 16.7. The summed E-state index contributed by atoms with van der Waals surface area (Å²) in [7, 11) is -8.68. The summed E-state index contributed by atoms with van der Waals surface area (Å²) in [5.41, 5.74) is -0.823. The number of Topliss-reactive ketones (excluding diaryl/α,β-unsaturated/α-hetero) is 1. The third-order valence-corrected chi connectivity index (χ3v) is 10.1. The van der Waals surface area contributed by atoms with Crippen LogP contribution in [0, 0.1) is 5.92 Å². The molecule has 1 saturated carbocycles. The van der Waals surface area contributed by atoms with Crippen molar-refractivity contribution in [3.8, 4) is 0 Å². The van der Waals surface area contributed by atoms with Crippen LogP contribution in [0.5, 0.6) is 0 Å². The van der Waals surface area contributed by atoms with Crippen LogP contribution >= 0.6 is 0 Å². The van der Waals surface area contributed by atoms with E-state index in [1.54, 1.807) is 20.8 Å². The minimum Gasteiger partial charge on any atom is -0.444 e. The Morgan fingerprint density at radius 2 is 1.64 bits per heavy atom. The highest BCUT2D eigenvalue weighted by Crippen LogP contribution is 2.33. The van der Waals surface area contributed by atoms with Gasteiger partial charge in [-0.3, -0.25) is 14.4 Å². The lowest BCUT2D eigenvalue weighted by Crippen LogP contribution is -2.55. The third kappa shape index (κ3) is 8.61. The summed E-state index contributed by atoms with van der Waals surface area (Å²) in [4.78, 5) is 55.2. The van der Waals surface area contributed by atoms with Crippen LogP contribution < -0.4 is 0 Å². The second kappa shape index (κ2) is 12.1. The molecule has 13 nitrogen and oxygen atoms in total. The van der Waals surface area contributed by atoms with Gasteiger partial charge in [0.2, 0.25) is 15.9 Å². The van der Waals surface area contributed by atoms with E-state index in [2.05, 4.69) is 0 Å². The Morgan fingerprint density at radius 3 is 2.18 bits per heavy atom. The topological polar surface area (TPSA) is 165 Å². The van der Waals surface area contributed by atoms with Gasteiger partial charge in [-0.1, -0.05) is 0 Å². The second-order valence-electron chi connectivity index (χ2n) is 11.4. The van der Waals surface area contributed by atoms with Crippen molar-refractivity contribution >= 4 is 43.6 Å². The number of likely N-dealkylation sites (tertiary alicyclic amines) is 1. The lowest BCUT2D eigenvalue weighted by Gasteiger charge is -2.32. The van der Waals surface area contributed by atoms with Crippen LogP contribution in [0.2, 0.25) is 0 Å². The van der Waals surface area contributed by atoms with E-state index in [0.717, 1.165) is 11.2 Å². The molecule has 2 saturated heterocycles. The first-order chi connectivity index (χ1) is 18.0. The fourth-order valence-electron chi connectivity index (χ4n) is 4.63. The first kappa shape index (κ1) is 31.3. The summed E-state index contributed by atoms with van der Waals surface area (Å²) in [6.07, 6.45) is 0.623. The van der Waals surface area contributed by atoms with Crippen LogP contribution in [0.25, 0.3) is 0 Å². The molecule has 0 aromatic rings. The predicted octanol–water partition coefficient (Wildman–Crippen LogP) is 0.186. The van der Waals surface area contributed by atoms with Crippen LogP contribution in [0.3, 0.4) is 0 Å².